The Morgan fingerprint density at radius 3 is 2.43 bits per heavy atom. The smallest absolute Gasteiger partial charge is 0.410 e. The maximum atomic E-state index is 13.7. The molecule has 1 aliphatic heterocycles. The molecule has 0 aromatic heterocycles. The van der Waals surface area contributed by atoms with Crippen LogP contribution in [0.5, 0.6) is 11.5 Å². The molecule has 198 valence electrons. The molecule has 0 spiro atoms. The zero-order chi connectivity index (χ0) is 26.2. The average Bonchev–Trinajstić information content (AvgIpc) is 2.80. The second-order valence-corrected chi connectivity index (χ2v) is 10.2. The lowest BCUT2D eigenvalue weighted by molar-refractivity contribution is -0.00672. The number of aliphatic hydroxyl groups excluding tert-OH is 1. The van der Waals surface area contributed by atoms with Crippen molar-refractivity contribution in [1.29, 1.82) is 0 Å². The number of ether oxygens (including phenoxy) is 4. The lowest BCUT2D eigenvalue weighted by Crippen LogP contribution is -2.57. The number of carbonyl (C=O) groups is 2. The monoisotopic (exact) mass is 494 g/mol. The van der Waals surface area contributed by atoms with Crippen molar-refractivity contribution in [2.45, 2.75) is 65.1 Å². The van der Waals surface area contributed by atoms with Gasteiger partial charge in [-0.1, -0.05) is 0 Å². The lowest BCUT2D eigenvalue weighted by atomic mass is 9.92. The first-order valence-corrected chi connectivity index (χ1v) is 12.2. The standard InChI is InChI=1S/C26H42N2O7/c1-18(2)28(21-13-19(17-29)15-27(16-21)25(31)35-26(3,4)5)24(30)20-9-10-22(33-7)23(14-20)34-12-8-11-32-6/h9-10,14,18-19,21,29H,8,11-13,15-17H2,1-7H3/t19-,21+/m0/s1. The zero-order valence-corrected chi connectivity index (χ0v) is 22.2. The van der Waals surface area contributed by atoms with E-state index in [1.807, 2.05) is 34.6 Å². The number of carbonyl (C=O) groups excluding carboxylic acids is 2. The van der Waals surface area contributed by atoms with Gasteiger partial charge in [0.2, 0.25) is 0 Å². The van der Waals surface area contributed by atoms with Crippen molar-refractivity contribution in [1.82, 2.24) is 9.80 Å². The van der Waals surface area contributed by atoms with Crippen molar-refractivity contribution >= 4 is 12.0 Å². The largest absolute Gasteiger partial charge is 0.493 e. The Labute approximate surface area is 209 Å². The molecule has 0 bridgehead atoms. The second kappa shape index (κ2) is 13.0. The number of hydrogen-bond acceptors (Lipinski definition) is 7. The maximum Gasteiger partial charge on any atom is 0.410 e. The highest BCUT2D eigenvalue weighted by molar-refractivity contribution is 5.95. The molecule has 1 fully saturated rings. The van der Waals surface area contributed by atoms with E-state index in [1.165, 1.54) is 0 Å². The van der Waals surface area contributed by atoms with Crippen LogP contribution in [0.15, 0.2) is 18.2 Å². The molecule has 0 saturated carbocycles. The van der Waals surface area contributed by atoms with E-state index in [0.29, 0.717) is 56.2 Å². The van der Waals surface area contributed by atoms with Crippen LogP contribution in [0.25, 0.3) is 0 Å². The summed E-state index contributed by atoms with van der Waals surface area (Å²) in [6.07, 6.45) is 0.866. The SMILES string of the molecule is COCCCOc1cc(C(=O)N(C(C)C)[C@@H]2C[C@H](CO)CN(C(=O)OC(C)(C)C)C2)ccc1OC. The minimum atomic E-state index is -0.630. The number of benzene rings is 1. The highest BCUT2D eigenvalue weighted by Gasteiger charge is 2.38. The summed E-state index contributed by atoms with van der Waals surface area (Å²) in [5, 5.41) is 9.91. The lowest BCUT2D eigenvalue weighted by Gasteiger charge is -2.44. The molecule has 1 N–H and O–H groups in total. The molecule has 9 heteroatoms. The van der Waals surface area contributed by atoms with Gasteiger partial charge in [-0.15, -0.1) is 0 Å². The molecule has 2 amide bonds. The van der Waals surface area contributed by atoms with E-state index in [1.54, 1.807) is 42.2 Å². The maximum absolute atomic E-state index is 13.7. The fourth-order valence-corrected chi connectivity index (χ4v) is 4.26. The number of hydrogen-bond donors (Lipinski definition) is 1. The Bertz CT molecular complexity index is 837. The Balaban J connectivity index is 2.28. The van der Waals surface area contributed by atoms with Crippen molar-refractivity contribution in [2.24, 2.45) is 5.92 Å². The molecule has 1 aromatic rings. The van der Waals surface area contributed by atoms with Crippen LogP contribution in [0.3, 0.4) is 0 Å². The third-order valence-corrected chi connectivity index (χ3v) is 5.77. The van der Waals surface area contributed by atoms with Crippen molar-refractivity contribution in [3.05, 3.63) is 23.8 Å². The molecule has 2 rings (SSSR count). The summed E-state index contributed by atoms with van der Waals surface area (Å²) in [6, 6.07) is 4.74. The van der Waals surface area contributed by atoms with Gasteiger partial charge in [-0.25, -0.2) is 4.79 Å². The fourth-order valence-electron chi connectivity index (χ4n) is 4.26. The average molecular weight is 495 g/mol. The molecule has 1 aromatic carbocycles. The highest BCUT2D eigenvalue weighted by Crippen LogP contribution is 2.31. The molecule has 35 heavy (non-hydrogen) atoms. The van der Waals surface area contributed by atoms with Gasteiger partial charge in [-0.3, -0.25) is 4.79 Å². The topological polar surface area (TPSA) is 97.8 Å². The van der Waals surface area contributed by atoms with Gasteiger partial charge in [0.25, 0.3) is 5.91 Å². The Hall–Kier alpha value is -2.52. The predicted molar refractivity (Wildman–Crippen MR) is 133 cm³/mol. The van der Waals surface area contributed by atoms with Crippen molar-refractivity contribution in [3.63, 3.8) is 0 Å². The minimum Gasteiger partial charge on any atom is -0.493 e. The van der Waals surface area contributed by atoms with Crippen LogP contribution >= 0.6 is 0 Å². The predicted octanol–water partition coefficient (Wildman–Crippen LogP) is 3.58. The van der Waals surface area contributed by atoms with Gasteiger partial charge in [-0.05, 0) is 59.2 Å². The first-order chi connectivity index (χ1) is 16.5. The molecule has 0 aliphatic carbocycles. The molecular formula is C26H42N2O7. The van der Waals surface area contributed by atoms with Crippen LogP contribution in [0.4, 0.5) is 4.79 Å². The quantitative estimate of drug-likeness (QED) is 0.497. The second-order valence-electron chi connectivity index (χ2n) is 10.2. The van der Waals surface area contributed by atoms with E-state index in [0.717, 1.165) is 0 Å². The van der Waals surface area contributed by atoms with Gasteiger partial charge >= 0.3 is 6.09 Å². The van der Waals surface area contributed by atoms with Crippen LogP contribution in [0.2, 0.25) is 0 Å². The van der Waals surface area contributed by atoms with E-state index >= 15 is 0 Å². The van der Waals surface area contributed by atoms with Gasteiger partial charge in [0.15, 0.2) is 11.5 Å². The summed E-state index contributed by atoms with van der Waals surface area (Å²) in [5.74, 6) is 0.720. The third kappa shape index (κ3) is 8.28. The Morgan fingerprint density at radius 1 is 1.14 bits per heavy atom. The van der Waals surface area contributed by atoms with Gasteiger partial charge in [0, 0.05) is 57.4 Å². The van der Waals surface area contributed by atoms with Gasteiger partial charge in [-0.2, -0.15) is 0 Å². The van der Waals surface area contributed by atoms with E-state index in [2.05, 4.69) is 0 Å². The number of piperidine rings is 1. The summed E-state index contributed by atoms with van der Waals surface area (Å²) in [5.41, 5.74) is -0.161. The van der Waals surface area contributed by atoms with Crippen molar-refractivity contribution < 1.29 is 33.6 Å². The van der Waals surface area contributed by atoms with E-state index < -0.39 is 11.7 Å². The molecule has 1 aliphatic rings. The molecule has 0 unspecified atom stereocenters. The Morgan fingerprint density at radius 2 is 1.86 bits per heavy atom. The molecule has 9 nitrogen and oxygen atoms in total. The number of methoxy groups -OCH3 is 2. The molecule has 0 radical (unpaired) electrons. The van der Waals surface area contributed by atoms with Gasteiger partial charge < -0.3 is 33.9 Å². The fraction of sp³-hybridized carbons (Fsp3) is 0.692. The van der Waals surface area contributed by atoms with E-state index in [-0.39, 0.29) is 30.5 Å². The summed E-state index contributed by atoms with van der Waals surface area (Å²) < 4.78 is 21.9. The highest BCUT2D eigenvalue weighted by atomic mass is 16.6. The van der Waals surface area contributed by atoms with Gasteiger partial charge in [0.05, 0.1) is 19.8 Å². The summed E-state index contributed by atoms with van der Waals surface area (Å²) in [7, 11) is 3.19. The summed E-state index contributed by atoms with van der Waals surface area (Å²) >= 11 is 0. The molecule has 1 saturated heterocycles. The first kappa shape index (κ1) is 28.7. The van der Waals surface area contributed by atoms with Crippen LogP contribution in [0, 0.1) is 5.92 Å². The summed E-state index contributed by atoms with van der Waals surface area (Å²) in [6.45, 7) is 11.0. The number of nitrogens with zero attached hydrogens (tertiary/aromatic N) is 2. The van der Waals surface area contributed by atoms with Crippen LogP contribution in [0.1, 0.15) is 57.8 Å². The zero-order valence-electron chi connectivity index (χ0n) is 22.2. The minimum absolute atomic E-state index is 0.0715. The Kier molecular flexibility index (Phi) is 10.6. The number of likely N-dealkylation sites (tertiary alicyclic amines) is 1. The number of aliphatic hydroxyl groups is 1. The summed E-state index contributed by atoms with van der Waals surface area (Å²) in [4.78, 5) is 29.9. The van der Waals surface area contributed by atoms with Crippen LogP contribution in [-0.4, -0.2) is 91.7 Å². The molecule has 2 atom stereocenters. The number of rotatable bonds is 10. The number of amides is 2. The van der Waals surface area contributed by atoms with Crippen molar-refractivity contribution in [2.75, 3.05) is 47.1 Å². The first-order valence-electron chi connectivity index (χ1n) is 12.2. The molecular weight excluding hydrogens is 452 g/mol. The van der Waals surface area contributed by atoms with Crippen LogP contribution in [-0.2, 0) is 9.47 Å². The van der Waals surface area contributed by atoms with Gasteiger partial charge in [0.1, 0.15) is 5.60 Å². The third-order valence-electron chi connectivity index (χ3n) is 5.77. The van der Waals surface area contributed by atoms with E-state index in [4.69, 9.17) is 18.9 Å². The van der Waals surface area contributed by atoms with Crippen LogP contribution < -0.4 is 9.47 Å². The van der Waals surface area contributed by atoms with Crippen molar-refractivity contribution in [3.8, 4) is 11.5 Å². The molecule has 1 heterocycles. The normalized spacial score (nSPS) is 18.4. The van der Waals surface area contributed by atoms with E-state index in [9.17, 15) is 14.7 Å².